The predicted octanol–water partition coefficient (Wildman–Crippen LogP) is 10.8. The zero-order valence-corrected chi connectivity index (χ0v) is 33.8. The van der Waals surface area contributed by atoms with E-state index in [0.29, 0.717) is 22.1 Å². The summed E-state index contributed by atoms with van der Waals surface area (Å²) >= 11 is 0. The molecule has 0 spiro atoms. The fourth-order valence-corrected chi connectivity index (χ4v) is 12.1. The Bertz CT molecular complexity index is 4470. The van der Waals surface area contributed by atoms with Crippen LogP contribution < -0.4 is 20.7 Å². The number of rotatable bonds is 8. The van der Waals surface area contributed by atoms with Crippen LogP contribution in [0.1, 0.15) is 26.0 Å². The average molecular weight is 841 g/mol. The highest BCUT2D eigenvalue weighted by atomic mass is 28.3. The molecule has 0 radical (unpaired) electrons. The number of hydrogen-bond donors (Lipinski definition) is 0. The maximum atomic E-state index is 10.6. The van der Waals surface area contributed by atoms with Gasteiger partial charge >= 0.3 is 0 Å². The molecular weight excluding hydrogens is 783 g/mol. The van der Waals surface area contributed by atoms with Gasteiger partial charge in [-0.3, -0.25) is 9.13 Å². The van der Waals surface area contributed by atoms with Crippen LogP contribution in [0.15, 0.2) is 236 Å². The molecule has 5 nitrogen and oxygen atoms in total. The first-order valence-electron chi connectivity index (χ1n) is 29.3. The number of nitrogens with zero attached hydrogens (tertiary/aromatic N) is 5. The molecule has 0 saturated carbocycles. The van der Waals surface area contributed by atoms with Gasteiger partial charge in [0.1, 0.15) is 0 Å². The molecule has 0 saturated heterocycles. The number of benzene rings is 9. The summed E-state index contributed by atoms with van der Waals surface area (Å²) in [5.74, 6) is -0.686. The van der Waals surface area contributed by atoms with E-state index in [-0.39, 0.29) is 11.9 Å². The van der Waals surface area contributed by atoms with Crippen LogP contribution in [-0.4, -0.2) is 32.2 Å². The second-order valence-corrected chi connectivity index (χ2v) is 18.1. The Kier molecular flexibility index (Phi) is 5.27. The third-order valence-electron chi connectivity index (χ3n) is 11.2. The van der Waals surface area contributed by atoms with Gasteiger partial charge in [-0.05, 0) is 62.2 Å². The summed E-state index contributed by atoms with van der Waals surface area (Å²) in [6.45, 7) is 0. The Labute approximate surface area is 392 Å². The number of hydrogen-bond acceptors (Lipinski definition) is 3. The summed E-state index contributed by atoms with van der Waals surface area (Å²) in [4.78, 5) is 15.2. The molecule has 296 valence electrons. The van der Waals surface area contributed by atoms with Crippen LogP contribution >= 0.6 is 0 Å². The minimum atomic E-state index is -6.20. The van der Waals surface area contributed by atoms with E-state index in [0.717, 1.165) is 32.7 Å². The van der Waals surface area contributed by atoms with E-state index >= 15 is 0 Å². The van der Waals surface area contributed by atoms with E-state index in [9.17, 15) is 13.7 Å². The van der Waals surface area contributed by atoms with Crippen molar-refractivity contribution in [3.63, 3.8) is 0 Å². The topological polar surface area (TPSA) is 48.5 Å². The summed E-state index contributed by atoms with van der Waals surface area (Å²) in [5, 5.41) is -0.718. The third kappa shape index (κ3) is 5.95. The molecule has 3 aromatic heterocycles. The minimum Gasteiger partial charge on any atom is -0.278 e. The molecule has 6 heteroatoms. The fraction of sp³-hybridized carbons (Fsp3) is 0. The molecule has 0 fully saturated rings. The molecule has 0 aliphatic carbocycles. The van der Waals surface area contributed by atoms with Gasteiger partial charge in [-0.2, -0.15) is 15.0 Å². The Hall–Kier alpha value is -8.19. The van der Waals surface area contributed by atoms with Crippen molar-refractivity contribution in [3.05, 3.63) is 236 Å². The first-order valence-corrected chi connectivity index (χ1v) is 21.8. The normalized spacial score (nSPS) is 16.0. The van der Waals surface area contributed by atoms with Gasteiger partial charge < -0.3 is 0 Å². The molecule has 12 rings (SSSR count). The quantitative estimate of drug-likeness (QED) is 0.113. The molecule has 0 atom stereocenters. The van der Waals surface area contributed by atoms with E-state index in [1.54, 1.807) is 9.13 Å². The van der Waals surface area contributed by atoms with Gasteiger partial charge in [0.15, 0.2) is 13.9 Å². The SMILES string of the molecule is [2H]c1c([2H])c([2H])c([Si](c2c([2H])c([2H])c([2H])c([2H])c2[2H])(c2c([2H])c([2H])c([2H])c([2H])c2[2H])c2c([2H])c([2H])c([2H])c(-c3nc(-n4c5ccccc5c5ccccc54)nc(-n4c5ccccc5c5cc(-c6ccccc6)ccc54)n3)c2[2H])c([2H])c1[2H]. The fourth-order valence-electron chi connectivity index (χ4n) is 8.51. The summed E-state index contributed by atoms with van der Waals surface area (Å²) in [5.41, 5.74) is 3.59. The Morgan fingerprint density at radius 1 is 0.349 bits per heavy atom. The molecule has 0 N–H and O–H groups in total. The molecule has 9 aromatic carbocycles. The van der Waals surface area contributed by atoms with Gasteiger partial charge in [-0.25, -0.2) is 0 Å². The van der Waals surface area contributed by atoms with Crippen molar-refractivity contribution < 1.29 is 26.0 Å². The predicted molar refractivity (Wildman–Crippen MR) is 263 cm³/mol. The minimum absolute atomic E-state index is 0.0866. The first kappa shape index (κ1) is 22.1. The van der Waals surface area contributed by atoms with Crippen molar-refractivity contribution >= 4 is 72.4 Å². The van der Waals surface area contributed by atoms with Crippen molar-refractivity contribution in [2.45, 2.75) is 0 Å². The van der Waals surface area contributed by atoms with Gasteiger partial charge in [-0.15, -0.1) is 0 Å². The monoisotopic (exact) mass is 840 g/mol. The molecule has 0 amide bonds. The molecule has 12 aromatic rings. The van der Waals surface area contributed by atoms with E-state index < -0.39 is 155 Å². The van der Waals surface area contributed by atoms with Gasteiger partial charge in [0.25, 0.3) is 0 Å². The van der Waals surface area contributed by atoms with Gasteiger partial charge in [0.2, 0.25) is 11.9 Å². The van der Waals surface area contributed by atoms with E-state index in [2.05, 4.69) is 0 Å². The molecular formula is C57H39N5Si. The highest BCUT2D eigenvalue weighted by Gasteiger charge is 2.41. The van der Waals surface area contributed by atoms with Crippen LogP contribution in [0.3, 0.4) is 0 Å². The second kappa shape index (κ2) is 15.1. The van der Waals surface area contributed by atoms with Crippen LogP contribution in [-0.2, 0) is 0 Å². The van der Waals surface area contributed by atoms with E-state index in [4.69, 9.17) is 27.3 Å². The zero-order valence-electron chi connectivity index (χ0n) is 51.8. The van der Waals surface area contributed by atoms with Crippen molar-refractivity contribution in [1.82, 2.24) is 24.1 Å². The smallest absolute Gasteiger partial charge is 0.240 e. The van der Waals surface area contributed by atoms with Crippen molar-refractivity contribution in [1.29, 1.82) is 0 Å². The Morgan fingerprint density at radius 3 is 1.32 bits per heavy atom. The number of fused-ring (bicyclic) bond motifs is 6. The van der Waals surface area contributed by atoms with Crippen LogP contribution in [0.25, 0.3) is 78.0 Å². The lowest BCUT2D eigenvalue weighted by molar-refractivity contribution is 0.893. The summed E-state index contributed by atoms with van der Waals surface area (Å²) in [6, 6.07) is 17.8. The third-order valence-corrected chi connectivity index (χ3v) is 15.2. The van der Waals surface area contributed by atoms with Gasteiger partial charge in [0.05, 0.1) is 48.1 Å². The zero-order chi connectivity index (χ0) is 58.3. The molecule has 0 aliphatic rings. The lowest BCUT2D eigenvalue weighted by Crippen LogP contribution is -2.74. The average Bonchev–Trinajstić information content (AvgIpc) is 2.51. The molecule has 0 bridgehead atoms. The molecule has 3 heterocycles. The van der Waals surface area contributed by atoms with Crippen molar-refractivity contribution in [3.8, 4) is 34.4 Å². The van der Waals surface area contributed by atoms with Crippen molar-refractivity contribution in [2.24, 2.45) is 0 Å². The van der Waals surface area contributed by atoms with Crippen LogP contribution in [0.2, 0.25) is 0 Å². The van der Waals surface area contributed by atoms with Crippen molar-refractivity contribution in [2.75, 3.05) is 0 Å². The molecule has 0 aliphatic heterocycles. The van der Waals surface area contributed by atoms with E-state index in [1.807, 2.05) is 121 Å². The summed E-state index contributed by atoms with van der Waals surface area (Å²) < 4.78 is 181. The highest BCUT2D eigenvalue weighted by Crippen LogP contribution is 2.36. The van der Waals surface area contributed by atoms with E-state index in [1.165, 1.54) is 0 Å². The van der Waals surface area contributed by atoms with Gasteiger partial charge in [-0.1, -0.05) is 206 Å². The standard InChI is InChI=1S/C57H39N5Si/c1-5-20-40(21-6-1)41-36-37-54-50(39-41)49-32-15-18-35-53(49)62(54)57-59-55(58-56(60-57)61-51-33-16-13-30-47(51)48-31-14-17-34-52(48)61)42-22-19-29-46(38-42)63(43-23-7-2-8-24-43,44-25-9-3-10-26-44)45-27-11-4-12-28-45/h1-39H/i2D,3D,4D,7D,8D,9D,10D,11D,12D,19D,22D,23D,24D,25D,26D,27D,28D,29D,38D. The molecule has 0 unspecified atom stereocenters. The maximum absolute atomic E-state index is 10.6. The summed E-state index contributed by atoms with van der Waals surface area (Å²) in [7, 11) is -6.20. The summed E-state index contributed by atoms with van der Waals surface area (Å²) in [6.07, 6.45) is 0. The number of para-hydroxylation sites is 3. The van der Waals surface area contributed by atoms with Crippen LogP contribution in [0.4, 0.5) is 0 Å². The lowest BCUT2D eigenvalue weighted by atomic mass is 10.0. The number of aromatic nitrogens is 5. The van der Waals surface area contributed by atoms with Gasteiger partial charge in [0, 0.05) is 27.1 Å². The Morgan fingerprint density at radius 2 is 0.794 bits per heavy atom. The maximum Gasteiger partial charge on any atom is 0.240 e. The highest BCUT2D eigenvalue weighted by molar-refractivity contribution is 7.19. The second-order valence-electron chi connectivity index (χ2n) is 14.6. The first-order chi connectivity index (χ1) is 39.1. The Balaban J connectivity index is 1.31. The lowest BCUT2D eigenvalue weighted by Gasteiger charge is -2.34. The largest absolute Gasteiger partial charge is 0.278 e. The van der Waals surface area contributed by atoms with Crippen LogP contribution in [0, 0.1) is 0 Å². The van der Waals surface area contributed by atoms with Crippen LogP contribution in [0.5, 0.6) is 0 Å². The molecule has 63 heavy (non-hydrogen) atoms.